The highest BCUT2D eigenvalue weighted by Gasteiger charge is 2.28. The lowest BCUT2D eigenvalue weighted by molar-refractivity contribution is -0.899. The summed E-state index contributed by atoms with van der Waals surface area (Å²) in [7, 11) is 0. The van der Waals surface area contributed by atoms with E-state index in [4.69, 9.17) is 5.73 Å². The molecule has 1 heterocycles. The fourth-order valence-corrected chi connectivity index (χ4v) is 2.74. The highest BCUT2D eigenvalue weighted by molar-refractivity contribution is 5.93. The van der Waals surface area contributed by atoms with Gasteiger partial charge in [-0.05, 0) is 25.0 Å². The Kier molecular flexibility index (Phi) is 5.86. The lowest BCUT2D eigenvalue weighted by atomic mass is 9.97. The molecule has 23 heavy (non-hydrogen) atoms. The van der Waals surface area contributed by atoms with Gasteiger partial charge >= 0.3 is 6.61 Å². The summed E-state index contributed by atoms with van der Waals surface area (Å²) in [5, 5.41) is 2.57. The van der Waals surface area contributed by atoms with Gasteiger partial charge in [0.15, 0.2) is 6.54 Å². The molecular formula is C15H20F2N3O3+. The van der Waals surface area contributed by atoms with Crippen LogP contribution in [-0.4, -0.2) is 38.1 Å². The molecule has 1 unspecified atom stereocenters. The summed E-state index contributed by atoms with van der Waals surface area (Å²) >= 11 is 0. The summed E-state index contributed by atoms with van der Waals surface area (Å²) < 4.78 is 29.1. The molecule has 1 fully saturated rings. The molecule has 1 aromatic carbocycles. The summed E-state index contributed by atoms with van der Waals surface area (Å²) in [5.41, 5.74) is 5.50. The molecule has 4 N–H and O–H groups in total. The molecule has 0 aromatic heterocycles. The number of carbonyl (C=O) groups excluding carboxylic acids is 2. The molecular weight excluding hydrogens is 308 g/mol. The second-order valence-electron chi connectivity index (χ2n) is 5.55. The lowest BCUT2D eigenvalue weighted by Gasteiger charge is -2.27. The van der Waals surface area contributed by atoms with Crippen LogP contribution in [0.15, 0.2) is 24.3 Å². The monoisotopic (exact) mass is 328 g/mol. The predicted octanol–water partition coefficient (Wildman–Crippen LogP) is 0.00670. The Hall–Kier alpha value is -2.22. The number of hydrogen-bond acceptors (Lipinski definition) is 3. The minimum Gasteiger partial charge on any atom is -0.433 e. The van der Waals surface area contributed by atoms with Gasteiger partial charge in [0.2, 0.25) is 5.91 Å². The van der Waals surface area contributed by atoms with Gasteiger partial charge in [0, 0.05) is 0 Å². The van der Waals surface area contributed by atoms with Crippen LogP contribution in [0.3, 0.4) is 0 Å². The molecule has 1 aromatic rings. The maximum absolute atomic E-state index is 12.3. The molecule has 0 bridgehead atoms. The first-order valence-corrected chi connectivity index (χ1v) is 7.42. The van der Waals surface area contributed by atoms with Crippen molar-refractivity contribution in [3.63, 3.8) is 0 Å². The second kappa shape index (κ2) is 7.87. The van der Waals surface area contributed by atoms with Crippen molar-refractivity contribution in [3.8, 4) is 5.75 Å². The highest BCUT2D eigenvalue weighted by atomic mass is 19.3. The number of hydrogen-bond donors (Lipinski definition) is 3. The summed E-state index contributed by atoms with van der Waals surface area (Å²) in [5.74, 6) is -0.978. The van der Waals surface area contributed by atoms with Gasteiger partial charge in [-0.2, -0.15) is 8.78 Å². The van der Waals surface area contributed by atoms with Crippen LogP contribution in [0.25, 0.3) is 0 Å². The fourth-order valence-electron chi connectivity index (χ4n) is 2.74. The number of halogens is 2. The smallest absolute Gasteiger partial charge is 0.387 e. The van der Waals surface area contributed by atoms with Crippen LogP contribution in [0.2, 0.25) is 0 Å². The quantitative estimate of drug-likeness (QED) is 0.687. The Morgan fingerprint density at radius 1 is 1.39 bits per heavy atom. The minimum absolute atomic E-state index is 0.0838. The summed E-state index contributed by atoms with van der Waals surface area (Å²) in [6.45, 7) is -1.53. The summed E-state index contributed by atoms with van der Waals surface area (Å²) in [6.07, 6.45) is 1.56. The molecule has 0 radical (unpaired) electrons. The number of quaternary nitrogens is 1. The molecule has 8 heteroatoms. The molecule has 0 saturated carbocycles. The van der Waals surface area contributed by atoms with Gasteiger partial charge in [0.1, 0.15) is 5.75 Å². The van der Waals surface area contributed by atoms with Gasteiger partial charge in [-0.1, -0.05) is 12.1 Å². The van der Waals surface area contributed by atoms with Crippen LogP contribution >= 0.6 is 0 Å². The maximum Gasteiger partial charge on any atom is 0.387 e. The van der Waals surface area contributed by atoms with Gasteiger partial charge in [0.25, 0.3) is 5.91 Å². The van der Waals surface area contributed by atoms with E-state index in [1.807, 2.05) is 0 Å². The highest BCUT2D eigenvalue weighted by Crippen LogP contribution is 2.25. The standard InChI is InChI=1S/C15H19F2N3O3/c16-15(17)23-12-6-2-1-5-11(12)19-13(21)9-20-7-3-4-10(8-20)14(18)22/h1-2,5-6,10,15H,3-4,7-9H2,(H2,18,22)(H,19,21)/p+1/t10-/m0/s1. The average Bonchev–Trinajstić information content (AvgIpc) is 2.49. The minimum atomic E-state index is -2.96. The first-order valence-electron chi connectivity index (χ1n) is 7.42. The van der Waals surface area contributed by atoms with Gasteiger partial charge in [0.05, 0.1) is 24.7 Å². The molecule has 2 atom stereocenters. The lowest BCUT2D eigenvalue weighted by Crippen LogP contribution is -3.14. The van der Waals surface area contributed by atoms with Crippen molar-refractivity contribution in [1.29, 1.82) is 0 Å². The number of alkyl halides is 2. The third-order valence-corrected chi connectivity index (χ3v) is 3.81. The molecule has 1 aliphatic heterocycles. The van der Waals surface area contributed by atoms with E-state index in [1.54, 1.807) is 12.1 Å². The first-order chi connectivity index (χ1) is 11.0. The van der Waals surface area contributed by atoms with Crippen molar-refractivity contribution >= 4 is 17.5 Å². The molecule has 0 spiro atoms. The topological polar surface area (TPSA) is 85.9 Å². The number of carbonyl (C=O) groups is 2. The summed E-state index contributed by atoms with van der Waals surface area (Å²) in [4.78, 5) is 24.3. The normalized spacial score (nSPS) is 21.0. The van der Waals surface area contributed by atoms with Crippen molar-refractivity contribution < 1.29 is 28.0 Å². The molecule has 1 aliphatic rings. The Morgan fingerprint density at radius 2 is 2.13 bits per heavy atom. The number of ether oxygens (including phenoxy) is 1. The van der Waals surface area contributed by atoms with E-state index in [9.17, 15) is 18.4 Å². The van der Waals surface area contributed by atoms with Crippen LogP contribution in [0, 0.1) is 5.92 Å². The zero-order valence-corrected chi connectivity index (χ0v) is 12.6. The number of amides is 2. The van der Waals surface area contributed by atoms with E-state index in [-0.39, 0.29) is 35.7 Å². The van der Waals surface area contributed by atoms with Crippen LogP contribution in [0.4, 0.5) is 14.5 Å². The van der Waals surface area contributed by atoms with Crippen molar-refractivity contribution in [2.24, 2.45) is 11.7 Å². The Labute approximate surface area is 132 Å². The van der Waals surface area contributed by atoms with Crippen molar-refractivity contribution in [3.05, 3.63) is 24.3 Å². The van der Waals surface area contributed by atoms with Crippen molar-refractivity contribution in [1.82, 2.24) is 0 Å². The molecule has 0 aliphatic carbocycles. The number of rotatable bonds is 6. The number of para-hydroxylation sites is 2. The molecule has 2 rings (SSSR count). The predicted molar refractivity (Wildman–Crippen MR) is 79.2 cm³/mol. The third-order valence-electron chi connectivity index (χ3n) is 3.81. The van der Waals surface area contributed by atoms with Gasteiger partial charge in [-0.25, -0.2) is 0 Å². The number of benzene rings is 1. The van der Waals surface area contributed by atoms with Crippen LogP contribution < -0.4 is 20.7 Å². The molecule has 6 nitrogen and oxygen atoms in total. The van der Waals surface area contributed by atoms with E-state index in [2.05, 4.69) is 10.1 Å². The SMILES string of the molecule is NC(=O)[C@H]1CCC[NH+](CC(=O)Nc2ccccc2OC(F)F)C1. The van der Waals surface area contributed by atoms with Crippen LogP contribution in [0.5, 0.6) is 5.75 Å². The van der Waals surface area contributed by atoms with Crippen LogP contribution in [-0.2, 0) is 9.59 Å². The number of nitrogens with one attached hydrogen (secondary N) is 2. The van der Waals surface area contributed by atoms with Crippen molar-refractivity contribution in [2.45, 2.75) is 19.5 Å². The van der Waals surface area contributed by atoms with E-state index >= 15 is 0 Å². The van der Waals surface area contributed by atoms with Crippen molar-refractivity contribution in [2.75, 3.05) is 25.0 Å². The van der Waals surface area contributed by atoms with Gasteiger partial charge in [-0.3, -0.25) is 9.59 Å². The Morgan fingerprint density at radius 3 is 2.83 bits per heavy atom. The zero-order chi connectivity index (χ0) is 16.8. The first kappa shape index (κ1) is 17.1. The number of piperidine rings is 1. The number of likely N-dealkylation sites (tertiary alicyclic amines) is 1. The number of nitrogens with two attached hydrogens (primary N) is 1. The largest absolute Gasteiger partial charge is 0.433 e. The molecule has 1 saturated heterocycles. The van der Waals surface area contributed by atoms with E-state index < -0.39 is 6.61 Å². The number of primary amides is 1. The maximum atomic E-state index is 12.3. The van der Waals surface area contributed by atoms with E-state index in [0.29, 0.717) is 6.54 Å². The Bertz CT molecular complexity index is 569. The Balaban J connectivity index is 1.93. The fraction of sp³-hybridized carbons (Fsp3) is 0.467. The van der Waals surface area contributed by atoms with Crippen LogP contribution in [0.1, 0.15) is 12.8 Å². The molecule has 2 amide bonds. The number of anilines is 1. The molecule has 126 valence electrons. The van der Waals surface area contributed by atoms with Gasteiger partial charge in [-0.15, -0.1) is 0 Å². The third kappa shape index (κ3) is 5.17. The van der Waals surface area contributed by atoms with Gasteiger partial charge < -0.3 is 20.7 Å². The van der Waals surface area contributed by atoms with E-state index in [0.717, 1.165) is 24.3 Å². The average molecular weight is 328 g/mol. The zero-order valence-electron chi connectivity index (χ0n) is 12.6. The second-order valence-corrected chi connectivity index (χ2v) is 5.55. The van der Waals surface area contributed by atoms with E-state index in [1.165, 1.54) is 12.1 Å². The summed E-state index contributed by atoms with van der Waals surface area (Å²) in [6, 6.07) is 6.01.